The van der Waals surface area contributed by atoms with E-state index in [0.29, 0.717) is 23.3 Å². The molecule has 1 N–H and O–H groups in total. The molecule has 4 aromatic rings. The smallest absolute Gasteiger partial charge is 0.277 e. The van der Waals surface area contributed by atoms with E-state index in [1.54, 1.807) is 28.8 Å². The lowest BCUT2D eigenvalue weighted by Crippen LogP contribution is -2.28. The minimum absolute atomic E-state index is 0.130. The summed E-state index contributed by atoms with van der Waals surface area (Å²) in [6.45, 7) is 0. The van der Waals surface area contributed by atoms with Gasteiger partial charge in [-0.2, -0.15) is 5.10 Å². The largest absolute Gasteiger partial charge is 0.463 e. The molecule has 10 heteroatoms. The van der Waals surface area contributed by atoms with Crippen LogP contribution in [0.15, 0.2) is 73.4 Å². The Labute approximate surface area is 173 Å². The molecule has 0 fully saturated rings. The zero-order valence-electron chi connectivity index (χ0n) is 15.0. The Morgan fingerprint density at radius 2 is 2.24 bits per heavy atom. The van der Waals surface area contributed by atoms with E-state index in [1.165, 1.54) is 11.8 Å². The van der Waals surface area contributed by atoms with Crippen LogP contribution in [0, 0.1) is 0 Å². The molecule has 0 unspecified atom stereocenters. The second kappa shape index (κ2) is 7.72. The van der Waals surface area contributed by atoms with Gasteiger partial charge < -0.3 is 13.8 Å². The van der Waals surface area contributed by atoms with Gasteiger partial charge in [0.1, 0.15) is 17.2 Å². The zero-order chi connectivity index (χ0) is 19.6. The van der Waals surface area contributed by atoms with Gasteiger partial charge in [-0.25, -0.2) is 5.01 Å². The predicted octanol–water partition coefficient (Wildman–Crippen LogP) is 4.19. The van der Waals surface area contributed by atoms with Gasteiger partial charge in [0.15, 0.2) is 0 Å². The molecule has 0 bridgehead atoms. The summed E-state index contributed by atoms with van der Waals surface area (Å²) in [5, 5.41) is 16.4. The predicted molar refractivity (Wildman–Crippen MR) is 109 cm³/mol. The van der Waals surface area contributed by atoms with Crippen molar-refractivity contribution in [3.8, 4) is 11.6 Å². The van der Waals surface area contributed by atoms with E-state index in [4.69, 9.17) is 8.83 Å². The Morgan fingerprint density at radius 1 is 1.28 bits per heavy atom. The van der Waals surface area contributed by atoms with Crippen molar-refractivity contribution < 1.29 is 13.6 Å². The molecule has 1 aliphatic rings. The van der Waals surface area contributed by atoms with Crippen molar-refractivity contribution in [1.29, 1.82) is 0 Å². The van der Waals surface area contributed by atoms with Crippen LogP contribution in [0.5, 0.6) is 0 Å². The summed E-state index contributed by atoms with van der Waals surface area (Å²) in [5.41, 5.74) is 1.50. The average molecular weight is 425 g/mol. The molecule has 4 aromatic heterocycles. The van der Waals surface area contributed by atoms with Crippen molar-refractivity contribution in [1.82, 2.24) is 20.2 Å². The Kier molecular flexibility index (Phi) is 4.78. The van der Waals surface area contributed by atoms with Crippen LogP contribution in [0.3, 0.4) is 0 Å². The van der Waals surface area contributed by atoms with Crippen LogP contribution in [0.1, 0.15) is 23.1 Å². The van der Waals surface area contributed by atoms with Gasteiger partial charge in [0.2, 0.25) is 0 Å². The molecule has 1 atom stereocenters. The zero-order valence-corrected chi connectivity index (χ0v) is 16.7. The highest BCUT2D eigenvalue weighted by Crippen LogP contribution is 2.36. The summed E-state index contributed by atoms with van der Waals surface area (Å²) in [7, 11) is 0. The van der Waals surface area contributed by atoms with Crippen molar-refractivity contribution in [2.45, 2.75) is 17.7 Å². The third-order valence-electron chi connectivity index (χ3n) is 4.40. The number of aromatic amines is 1. The van der Waals surface area contributed by atoms with E-state index < -0.39 is 0 Å². The molecule has 0 radical (unpaired) electrons. The SMILES string of the molecule is O=C(CSc1nnc(-c2ccc[nH]2)o1)N1N=C(c2ccco2)C[C@@H]1c1cccs1. The van der Waals surface area contributed by atoms with Crippen molar-refractivity contribution in [3.63, 3.8) is 0 Å². The average Bonchev–Trinajstić information content (AvgIpc) is 3.56. The van der Waals surface area contributed by atoms with Crippen molar-refractivity contribution in [3.05, 3.63) is 64.9 Å². The van der Waals surface area contributed by atoms with Gasteiger partial charge in [-0.15, -0.1) is 21.5 Å². The lowest BCUT2D eigenvalue weighted by molar-refractivity contribution is -0.130. The van der Waals surface area contributed by atoms with Crippen LogP contribution in [0.4, 0.5) is 0 Å². The van der Waals surface area contributed by atoms with E-state index in [9.17, 15) is 4.79 Å². The minimum Gasteiger partial charge on any atom is -0.463 e. The number of amides is 1. The number of hydrazone groups is 1. The van der Waals surface area contributed by atoms with E-state index in [0.717, 1.165) is 16.3 Å². The lowest BCUT2D eigenvalue weighted by atomic mass is 10.1. The standard InChI is InChI=1S/C19H15N5O3S2/c25-17(11-29-19-22-21-18(27-19)12-4-1-7-20-12)24-14(16-6-3-9-28-16)10-13(23-24)15-5-2-8-26-15/h1-9,14,20H,10-11H2/t14-/m1/s1. The van der Waals surface area contributed by atoms with Crippen LogP contribution >= 0.6 is 23.1 Å². The molecule has 1 aliphatic heterocycles. The number of nitrogens with one attached hydrogen (secondary N) is 1. The molecule has 0 aliphatic carbocycles. The number of aromatic nitrogens is 3. The fourth-order valence-electron chi connectivity index (χ4n) is 3.06. The first-order valence-electron chi connectivity index (χ1n) is 8.85. The number of hydrogen-bond acceptors (Lipinski definition) is 8. The lowest BCUT2D eigenvalue weighted by Gasteiger charge is -2.20. The Balaban J connectivity index is 1.31. The van der Waals surface area contributed by atoms with Crippen molar-refractivity contribution in [2.75, 3.05) is 5.75 Å². The maximum Gasteiger partial charge on any atom is 0.277 e. The Morgan fingerprint density at radius 3 is 3.00 bits per heavy atom. The normalized spacial score (nSPS) is 16.3. The summed E-state index contributed by atoms with van der Waals surface area (Å²) in [4.78, 5) is 17.0. The van der Waals surface area contributed by atoms with Gasteiger partial charge in [-0.05, 0) is 35.7 Å². The molecule has 8 nitrogen and oxygen atoms in total. The molecular formula is C19H15N5O3S2. The molecule has 29 heavy (non-hydrogen) atoms. The van der Waals surface area contributed by atoms with Crippen LogP contribution in [0.25, 0.3) is 11.6 Å². The maximum absolute atomic E-state index is 13.0. The molecule has 0 spiro atoms. The molecule has 0 saturated heterocycles. The van der Waals surface area contributed by atoms with Gasteiger partial charge in [-0.3, -0.25) is 4.79 Å². The van der Waals surface area contributed by atoms with E-state index >= 15 is 0 Å². The molecule has 0 saturated carbocycles. The molecule has 5 rings (SSSR count). The quantitative estimate of drug-likeness (QED) is 0.465. The second-order valence-corrected chi connectivity index (χ2v) is 8.15. The number of carbonyl (C=O) groups is 1. The third kappa shape index (κ3) is 3.64. The Hall–Kier alpha value is -3.11. The van der Waals surface area contributed by atoms with E-state index in [2.05, 4.69) is 20.3 Å². The first kappa shape index (κ1) is 18.0. The molecule has 1 amide bonds. The number of rotatable bonds is 6. The van der Waals surface area contributed by atoms with Gasteiger partial charge in [-0.1, -0.05) is 17.8 Å². The Bertz CT molecular complexity index is 1120. The first-order chi connectivity index (χ1) is 14.3. The van der Waals surface area contributed by atoms with Crippen LogP contribution < -0.4 is 0 Å². The fraction of sp³-hybridized carbons (Fsp3) is 0.158. The van der Waals surface area contributed by atoms with Gasteiger partial charge in [0.25, 0.3) is 17.0 Å². The summed E-state index contributed by atoms with van der Waals surface area (Å²) in [5.74, 6) is 1.08. The molecular weight excluding hydrogens is 410 g/mol. The summed E-state index contributed by atoms with van der Waals surface area (Å²) < 4.78 is 11.1. The highest BCUT2D eigenvalue weighted by atomic mass is 32.2. The van der Waals surface area contributed by atoms with Crippen molar-refractivity contribution >= 4 is 34.7 Å². The van der Waals surface area contributed by atoms with Crippen LogP contribution in [-0.2, 0) is 4.79 Å². The number of nitrogens with zero attached hydrogens (tertiary/aromatic N) is 4. The molecule has 0 aromatic carbocycles. The van der Waals surface area contributed by atoms with Crippen LogP contribution in [0.2, 0.25) is 0 Å². The maximum atomic E-state index is 13.0. The topological polar surface area (TPSA) is 101 Å². The number of H-pyrrole nitrogens is 1. The second-order valence-electron chi connectivity index (χ2n) is 6.24. The van der Waals surface area contributed by atoms with E-state index in [-0.39, 0.29) is 17.7 Å². The van der Waals surface area contributed by atoms with Gasteiger partial charge in [0.05, 0.1) is 18.1 Å². The number of thiophene rings is 1. The highest BCUT2D eigenvalue weighted by Gasteiger charge is 2.34. The minimum atomic E-state index is -0.139. The third-order valence-corrected chi connectivity index (χ3v) is 6.17. The molecule has 5 heterocycles. The summed E-state index contributed by atoms with van der Waals surface area (Å²) in [6.07, 6.45) is 4.00. The van der Waals surface area contributed by atoms with Gasteiger partial charge in [0, 0.05) is 17.5 Å². The van der Waals surface area contributed by atoms with Crippen molar-refractivity contribution in [2.24, 2.45) is 5.10 Å². The fourth-order valence-corrected chi connectivity index (χ4v) is 4.49. The number of furan rings is 1. The number of hydrogen-bond donors (Lipinski definition) is 1. The number of thioether (sulfide) groups is 1. The van der Waals surface area contributed by atoms with E-state index in [1.807, 2.05) is 41.8 Å². The summed E-state index contributed by atoms with van der Waals surface area (Å²) >= 11 is 2.80. The first-order valence-corrected chi connectivity index (χ1v) is 10.7. The van der Waals surface area contributed by atoms with Crippen LogP contribution in [-0.4, -0.2) is 37.6 Å². The van der Waals surface area contributed by atoms with Gasteiger partial charge >= 0.3 is 0 Å². The highest BCUT2D eigenvalue weighted by molar-refractivity contribution is 7.99. The number of carbonyl (C=O) groups excluding carboxylic acids is 1. The monoisotopic (exact) mass is 425 g/mol. The summed E-state index contributed by atoms with van der Waals surface area (Å²) in [6, 6.07) is 11.2. The molecule has 146 valence electrons.